The molecule has 1 N–H and O–H groups in total. The first-order valence-corrected chi connectivity index (χ1v) is 8.28. The summed E-state index contributed by atoms with van der Waals surface area (Å²) >= 11 is 0. The Kier molecular flexibility index (Phi) is 6.84. The Morgan fingerprint density at radius 2 is 1.88 bits per heavy atom. The molecule has 0 radical (unpaired) electrons. The minimum Gasteiger partial charge on any atom is -0.309 e. The maximum absolute atomic E-state index is 14.0. The summed E-state index contributed by atoms with van der Waals surface area (Å²) in [6.07, 6.45) is 10.9. The van der Waals surface area contributed by atoms with Crippen LogP contribution in [0.15, 0.2) is 89.3 Å². The third kappa shape index (κ3) is 4.97. The van der Waals surface area contributed by atoms with Crippen molar-refractivity contribution in [3.8, 4) is 0 Å². The Labute approximate surface area is 148 Å². The summed E-state index contributed by atoms with van der Waals surface area (Å²) in [6, 6.07) is 6.67. The zero-order chi connectivity index (χ0) is 18.2. The highest BCUT2D eigenvalue weighted by atomic mass is 19.1. The van der Waals surface area contributed by atoms with Crippen molar-refractivity contribution < 1.29 is 8.78 Å². The molecule has 1 fully saturated rings. The van der Waals surface area contributed by atoms with E-state index in [1.165, 1.54) is 6.07 Å². The molecule has 3 heteroatoms. The van der Waals surface area contributed by atoms with Crippen LogP contribution in [0.4, 0.5) is 8.78 Å². The van der Waals surface area contributed by atoms with E-state index >= 15 is 0 Å². The molecule has 1 saturated heterocycles. The van der Waals surface area contributed by atoms with Crippen LogP contribution in [-0.2, 0) is 0 Å². The molecule has 0 saturated carbocycles. The second-order valence-corrected chi connectivity index (χ2v) is 5.72. The molecule has 1 aliphatic heterocycles. The second kappa shape index (κ2) is 9.09. The summed E-state index contributed by atoms with van der Waals surface area (Å²) in [5.41, 5.74) is 3.89. The fourth-order valence-corrected chi connectivity index (χ4v) is 2.74. The number of piperidine rings is 1. The molecule has 1 aromatic carbocycles. The molecular weight excluding hydrogens is 316 g/mol. The first-order valence-electron chi connectivity index (χ1n) is 8.28. The number of nitrogens with one attached hydrogen (secondary N) is 1. The highest BCUT2D eigenvalue weighted by molar-refractivity contribution is 5.65. The molecule has 0 aliphatic carbocycles. The van der Waals surface area contributed by atoms with Crippen molar-refractivity contribution in [2.24, 2.45) is 0 Å². The molecule has 0 amide bonds. The molecule has 0 aromatic heterocycles. The van der Waals surface area contributed by atoms with Gasteiger partial charge in [-0.1, -0.05) is 49.1 Å². The van der Waals surface area contributed by atoms with Gasteiger partial charge in [0.15, 0.2) is 0 Å². The average Bonchev–Trinajstić information content (AvgIpc) is 2.60. The number of halogens is 2. The number of benzene rings is 1. The van der Waals surface area contributed by atoms with Gasteiger partial charge in [0.2, 0.25) is 0 Å². The van der Waals surface area contributed by atoms with Crippen LogP contribution in [-0.4, -0.2) is 13.1 Å². The van der Waals surface area contributed by atoms with E-state index in [1.807, 2.05) is 38.1 Å². The van der Waals surface area contributed by atoms with Crippen LogP contribution in [0.3, 0.4) is 0 Å². The van der Waals surface area contributed by atoms with Crippen molar-refractivity contribution in [1.82, 2.24) is 5.32 Å². The third-order valence-corrected chi connectivity index (χ3v) is 3.96. The van der Waals surface area contributed by atoms with E-state index in [4.69, 9.17) is 0 Å². The Hall–Kier alpha value is -2.52. The van der Waals surface area contributed by atoms with Gasteiger partial charge in [-0.05, 0) is 48.8 Å². The fraction of sp³-hybridized carbons (Fsp3) is 0.182. The van der Waals surface area contributed by atoms with Crippen LogP contribution >= 0.6 is 0 Å². The van der Waals surface area contributed by atoms with E-state index in [9.17, 15) is 8.78 Å². The Morgan fingerprint density at radius 3 is 2.52 bits per heavy atom. The second-order valence-electron chi connectivity index (χ2n) is 5.72. The summed E-state index contributed by atoms with van der Waals surface area (Å²) in [4.78, 5) is 0. The van der Waals surface area contributed by atoms with Gasteiger partial charge >= 0.3 is 0 Å². The van der Waals surface area contributed by atoms with Gasteiger partial charge in [0.05, 0.1) is 0 Å². The molecule has 0 spiro atoms. The zero-order valence-corrected chi connectivity index (χ0v) is 14.7. The van der Waals surface area contributed by atoms with Gasteiger partial charge < -0.3 is 5.32 Å². The molecule has 0 bridgehead atoms. The monoisotopic (exact) mass is 339 g/mol. The maximum Gasteiger partial charge on any atom is 0.130 e. The van der Waals surface area contributed by atoms with Crippen molar-refractivity contribution in [2.45, 2.75) is 13.8 Å². The highest BCUT2D eigenvalue weighted by Crippen LogP contribution is 2.27. The molecule has 2 rings (SSSR count). The number of allylic oxidation sites excluding steroid dienone is 7. The predicted octanol–water partition coefficient (Wildman–Crippen LogP) is 5.67. The lowest BCUT2D eigenvalue weighted by Gasteiger charge is -2.23. The number of hydrogen-bond donors (Lipinski definition) is 1. The molecule has 1 aromatic rings. The van der Waals surface area contributed by atoms with Crippen molar-refractivity contribution in [1.29, 1.82) is 0 Å². The number of hydrogen-bond acceptors (Lipinski definition) is 1. The van der Waals surface area contributed by atoms with E-state index in [0.717, 1.165) is 16.7 Å². The molecule has 0 atom stereocenters. The van der Waals surface area contributed by atoms with E-state index in [1.54, 1.807) is 30.4 Å². The molecule has 1 aliphatic rings. The first-order chi connectivity index (χ1) is 12.1. The molecule has 0 unspecified atom stereocenters. The quantitative estimate of drug-likeness (QED) is 0.697. The largest absolute Gasteiger partial charge is 0.309 e. The van der Waals surface area contributed by atoms with E-state index in [-0.39, 0.29) is 5.82 Å². The van der Waals surface area contributed by atoms with Gasteiger partial charge in [0.1, 0.15) is 11.6 Å². The van der Waals surface area contributed by atoms with Crippen molar-refractivity contribution in [3.05, 3.63) is 101 Å². The lowest BCUT2D eigenvalue weighted by molar-refractivity contribution is 0.625. The molecule has 1 heterocycles. The average molecular weight is 339 g/mol. The van der Waals surface area contributed by atoms with Crippen molar-refractivity contribution >= 4 is 6.08 Å². The molecule has 25 heavy (non-hydrogen) atoms. The van der Waals surface area contributed by atoms with Gasteiger partial charge in [0, 0.05) is 24.2 Å². The van der Waals surface area contributed by atoms with Crippen LogP contribution < -0.4 is 5.32 Å². The minimum absolute atomic E-state index is 0.257. The lowest BCUT2D eigenvalue weighted by Crippen LogP contribution is -2.28. The topological polar surface area (TPSA) is 12.0 Å². The highest BCUT2D eigenvalue weighted by Gasteiger charge is 2.17. The third-order valence-electron chi connectivity index (χ3n) is 3.96. The summed E-state index contributed by atoms with van der Waals surface area (Å²) in [5, 5.41) is 3.29. The predicted molar refractivity (Wildman–Crippen MR) is 102 cm³/mol. The van der Waals surface area contributed by atoms with Gasteiger partial charge in [-0.3, -0.25) is 0 Å². The summed E-state index contributed by atoms with van der Waals surface area (Å²) in [6.45, 7) is 8.47. The van der Waals surface area contributed by atoms with E-state index in [2.05, 4.69) is 11.9 Å². The summed E-state index contributed by atoms with van der Waals surface area (Å²) < 4.78 is 27.7. The van der Waals surface area contributed by atoms with Crippen LogP contribution in [0.25, 0.3) is 6.08 Å². The van der Waals surface area contributed by atoms with Crippen LogP contribution in [0.5, 0.6) is 0 Å². The van der Waals surface area contributed by atoms with Gasteiger partial charge in [0.25, 0.3) is 0 Å². The zero-order valence-electron chi connectivity index (χ0n) is 14.7. The standard InChI is InChI=1S/C22H23F2N/c1-4-6-9-17(16(3)23)12-19-14-25-15-20(21(19)5-2)13-18-10-7-8-11-22(18)24/h4-13,25H,3,14-15H2,1-2H3/b6-4-,17-9-,19-12+,20-13+,21-5-. The van der Waals surface area contributed by atoms with Crippen LogP contribution in [0.1, 0.15) is 19.4 Å². The summed E-state index contributed by atoms with van der Waals surface area (Å²) in [7, 11) is 0. The Balaban J connectivity index is 2.43. The first kappa shape index (κ1) is 18.8. The van der Waals surface area contributed by atoms with Crippen molar-refractivity contribution in [3.63, 3.8) is 0 Å². The number of rotatable bonds is 4. The molecular formula is C22H23F2N. The smallest absolute Gasteiger partial charge is 0.130 e. The fourth-order valence-electron chi connectivity index (χ4n) is 2.74. The van der Waals surface area contributed by atoms with E-state index in [0.29, 0.717) is 24.2 Å². The Morgan fingerprint density at radius 1 is 1.16 bits per heavy atom. The maximum atomic E-state index is 14.0. The summed E-state index contributed by atoms with van der Waals surface area (Å²) in [5.74, 6) is -0.737. The normalized spacial score (nSPS) is 20.8. The van der Waals surface area contributed by atoms with E-state index < -0.39 is 5.83 Å². The lowest BCUT2D eigenvalue weighted by atomic mass is 9.90. The van der Waals surface area contributed by atoms with Gasteiger partial charge in [-0.2, -0.15) is 0 Å². The minimum atomic E-state index is -0.480. The molecule has 1 nitrogen and oxygen atoms in total. The van der Waals surface area contributed by atoms with Crippen LogP contribution in [0, 0.1) is 5.82 Å². The Bertz CT molecular complexity index is 792. The van der Waals surface area contributed by atoms with Gasteiger partial charge in [-0.25, -0.2) is 8.78 Å². The molecule has 130 valence electrons. The van der Waals surface area contributed by atoms with Crippen molar-refractivity contribution in [2.75, 3.05) is 13.1 Å². The SMILES string of the molecule is C=C(F)C(=C\C=C/C)/C=C1\CNCC(=C/c2ccccc2F)\C1=C/C. The van der Waals surface area contributed by atoms with Crippen LogP contribution in [0.2, 0.25) is 0 Å². The van der Waals surface area contributed by atoms with Gasteiger partial charge in [-0.15, -0.1) is 0 Å².